The summed E-state index contributed by atoms with van der Waals surface area (Å²) in [7, 11) is 0. The van der Waals surface area contributed by atoms with Gasteiger partial charge >= 0.3 is 0 Å². The van der Waals surface area contributed by atoms with Crippen molar-refractivity contribution in [3.05, 3.63) is 29.3 Å². The molecule has 2 unspecified atom stereocenters. The van der Waals surface area contributed by atoms with E-state index in [1.54, 1.807) is 6.07 Å². The second-order valence-electron chi connectivity index (χ2n) is 5.18. The molecule has 1 aromatic rings. The molecule has 0 radical (unpaired) electrons. The Morgan fingerprint density at radius 2 is 2.28 bits per heavy atom. The minimum atomic E-state index is -0.266. The number of phenolic OH excluding ortho intramolecular Hbond substituents is 1. The second kappa shape index (κ2) is 6.21. The molecule has 18 heavy (non-hydrogen) atoms. The van der Waals surface area contributed by atoms with Gasteiger partial charge in [-0.1, -0.05) is 19.4 Å². The van der Waals surface area contributed by atoms with Gasteiger partial charge in [0, 0.05) is 12.6 Å². The molecule has 0 saturated carbocycles. The molecule has 0 aliphatic heterocycles. The fourth-order valence-electron chi connectivity index (χ4n) is 2.71. The number of aliphatic hydroxyl groups excluding tert-OH is 1. The largest absolute Gasteiger partial charge is 0.508 e. The molecule has 1 aliphatic carbocycles. The highest BCUT2D eigenvalue weighted by atomic mass is 16.3. The van der Waals surface area contributed by atoms with Crippen LogP contribution in [0.4, 0.5) is 0 Å². The van der Waals surface area contributed by atoms with E-state index in [1.807, 2.05) is 12.1 Å². The van der Waals surface area contributed by atoms with Gasteiger partial charge in [0.15, 0.2) is 0 Å². The zero-order chi connectivity index (χ0) is 13.0. The first-order chi connectivity index (χ1) is 8.70. The SMILES string of the molecule is CCCC(O)CNC1CCCc2ccc(O)cc21. The first-order valence-corrected chi connectivity index (χ1v) is 6.94. The maximum absolute atomic E-state index is 9.77. The molecule has 1 aliphatic rings. The molecule has 2 atom stereocenters. The molecular formula is C15H23NO2. The van der Waals surface area contributed by atoms with Crippen LogP contribution in [0.25, 0.3) is 0 Å². The number of fused-ring (bicyclic) bond motifs is 1. The number of rotatable bonds is 5. The average molecular weight is 249 g/mol. The van der Waals surface area contributed by atoms with Crippen LogP contribution in [-0.2, 0) is 6.42 Å². The molecule has 0 heterocycles. The zero-order valence-corrected chi connectivity index (χ0v) is 11.0. The Balaban J connectivity index is 2.01. The number of aliphatic hydroxyl groups is 1. The van der Waals surface area contributed by atoms with Crippen LogP contribution in [0.2, 0.25) is 0 Å². The lowest BCUT2D eigenvalue weighted by atomic mass is 9.87. The highest BCUT2D eigenvalue weighted by molar-refractivity contribution is 5.38. The molecule has 0 saturated heterocycles. The van der Waals surface area contributed by atoms with Gasteiger partial charge < -0.3 is 15.5 Å². The minimum absolute atomic E-state index is 0.266. The molecule has 0 spiro atoms. The van der Waals surface area contributed by atoms with Crippen LogP contribution >= 0.6 is 0 Å². The molecule has 3 heteroatoms. The Bertz CT molecular complexity index is 392. The van der Waals surface area contributed by atoms with Crippen molar-refractivity contribution < 1.29 is 10.2 Å². The average Bonchev–Trinajstić information content (AvgIpc) is 2.36. The maximum atomic E-state index is 9.77. The van der Waals surface area contributed by atoms with Crippen molar-refractivity contribution in [1.82, 2.24) is 5.32 Å². The zero-order valence-electron chi connectivity index (χ0n) is 11.0. The van der Waals surface area contributed by atoms with E-state index in [9.17, 15) is 10.2 Å². The van der Waals surface area contributed by atoms with Crippen molar-refractivity contribution in [2.24, 2.45) is 0 Å². The van der Waals surface area contributed by atoms with E-state index < -0.39 is 0 Å². The van der Waals surface area contributed by atoms with E-state index in [4.69, 9.17) is 0 Å². The quantitative estimate of drug-likeness (QED) is 0.751. The van der Waals surface area contributed by atoms with Crippen LogP contribution in [0, 0.1) is 0 Å². The van der Waals surface area contributed by atoms with Crippen LogP contribution < -0.4 is 5.32 Å². The van der Waals surface area contributed by atoms with E-state index in [1.165, 1.54) is 17.5 Å². The minimum Gasteiger partial charge on any atom is -0.508 e. The smallest absolute Gasteiger partial charge is 0.115 e. The summed E-state index contributed by atoms with van der Waals surface area (Å²) in [6.07, 6.45) is 4.91. The molecular weight excluding hydrogens is 226 g/mol. The lowest BCUT2D eigenvalue weighted by Gasteiger charge is -2.27. The van der Waals surface area contributed by atoms with Crippen LogP contribution in [0.5, 0.6) is 5.75 Å². The normalized spacial score (nSPS) is 20.4. The van der Waals surface area contributed by atoms with E-state index in [2.05, 4.69) is 12.2 Å². The predicted octanol–water partition coefficient (Wildman–Crippen LogP) is 2.52. The Morgan fingerprint density at radius 3 is 3.06 bits per heavy atom. The fourth-order valence-corrected chi connectivity index (χ4v) is 2.71. The molecule has 0 amide bonds. The molecule has 1 aromatic carbocycles. The Labute approximate surface area is 109 Å². The van der Waals surface area contributed by atoms with Gasteiger partial charge in [-0.05, 0) is 48.9 Å². The van der Waals surface area contributed by atoms with E-state index in [0.29, 0.717) is 12.3 Å². The molecule has 3 nitrogen and oxygen atoms in total. The predicted molar refractivity (Wildman–Crippen MR) is 72.7 cm³/mol. The number of aryl methyl sites for hydroxylation is 1. The van der Waals surface area contributed by atoms with Crippen molar-refractivity contribution in [2.75, 3.05) is 6.54 Å². The summed E-state index contributed by atoms with van der Waals surface area (Å²) >= 11 is 0. The van der Waals surface area contributed by atoms with Crippen molar-refractivity contribution in [3.63, 3.8) is 0 Å². The number of hydrogen-bond acceptors (Lipinski definition) is 3. The first kappa shape index (κ1) is 13.4. The summed E-state index contributed by atoms with van der Waals surface area (Å²) in [5.74, 6) is 0.330. The molecule has 100 valence electrons. The van der Waals surface area contributed by atoms with Crippen LogP contribution in [-0.4, -0.2) is 22.9 Å². The Morgan fingerprint density at radius 1 is 1.44 bits per heavy atom. The lowest BCUT2D eigenvalue weighted by molar-refractivity contribution is 0.155. The van der Waals surface area contributed by atoms with Gasteiger partial charge in [-0.3, -0.25) is 0 Å². The number of nitrogens with one attached hydrogen (secondary N) is 1. The van der Waals surface area contributed by atoms with Gasteiger partial charge in [0.1, 0.15) is 5.75 Å². The van der Waals surface area contributed by atoms with Crippen molar-refractivity contribution >= 4 is 0 Å². The Hall–Kier alpha value is -1.06. The molecule has 2 rings (SSSR count). The monoisotopic (exact) mass is 249 g/mol. The van der Waals surface area contributed by atoms with E-state index >= 15 is 0 Å². The first-order valence-electron chi connectivity index (χ1n) is 6.94. The van der Waals surface area contributed by atoms with Crippen molar-refractivity contribution in [3.8, 4) is 5.75 Å². The summed E-state index contributed by atoms with van der Waals surface area (Å²) in [6, 6.07) is 5.90. The van der Waals surface area contributed by atoms with Gasteiger partial charge in [-0.25, -0.2) is 0 Å². The summed E-state index contributed by atoms with van der Waals surface area (Å²) in [5.41, 5.74) is 2.52. The van der Waals surface area contributed by atoms with Crippen LogP contribution in [0.15, 0.2) is 18.2 Å². The maximum Gasteiger partial charge on any atom is 0.115 e. The van der Waals surface area contributed by atoms with Gasteiger partial charge in [0.05, 0.1) is 6.10 Å². The second-order valence-corrected chi connectivity index (χ2v) is 5.18. The number of phenols is 1. The standard InChI is InChI=1S/C15H23NO2/c1-2-4-13(18)10-16-15-6-3-5-11-7-8-12(17)9-14(11)15/h7-9,13,15-18H,2-6,10H2,1H3. The number of aromatic hydroxyl groups is 1. The van der Waals surface area contributed by atoms with Crippen LogP contribution in [0.1, 0.15) is 49.8 Å². The van der Waals surface area contributed by atoms with E-state index in [0.717, 1.165) is 25.7 Å². The summed E-state index contributed by atoms with van der Waals surface area (Å²) in [4.78, 5) is 0. The molecule has 0 fully saturated rings. The molecule has 0 aromatic heterocycles. The third kappa shape index (κ3) is 3.24. The van der Waals surface area contributed by atoms with E-state index in [-0.39, 0.29) is 12.1 Å². The highest BCUT2D eigenvalue weighted by Gasteiger charge is 2.20. The molecule has 0 bridgehead atoms. The summed E-state index contributed by atoms with van der Waals surface area (Å²) in [5, 5.41) is 22.8. The van der Waals surface area contributed by atoms with Gasteiger partial charge in [0.25, 0.3) is 0 Å². The van der Waals surface area contributed by atoms with Crippen molar-refractivity contribution in [2.45, 2.75) is 51.2 Å². The summed E-state index contributed by atoms with van der Waals surface area (Å²) < 4.78 is 0. The van der Waals surface area contributed by atoms with Gasteiger partial charge in [-0.15, -0.1) is 0 Å². The van der Waals surface area contributed by atoms with Crippen LogP contribution in [0.3, 0.4) is 0 Å². The van der Waals surface area contributed by atoms with Gasteiger partial charge in [0.2, 0.25) is 0 Å². The Kier molecular flexibility index (Phi) is 4.61. The number of benzene rings is 1. The van der Waals surface area contributed by atoms with Gasteiger partial charge in [-0.2, -0.15) is 0 Å². The third-order valence-corrected chi connectivity index (χ3v) is 3.67. The van der Waals surface area contributed by atoms with Crippen molar-refractivity contribution in [1.29, 1.82) is 0 Å². The molecule has 3 N–H and O–H groups in total. The lowest BCUT2D eigenvalue weighted by Crippen LogP contribution is -2.32. The fraction of sp³-hybridized carbons (Fsp3) is 0.600. The third-order valence-electron chi connectivity index (χ3n) is 3.67. The number of hydrogen-bond donors (Lipinski definition) is 3. The topological polar surface area (TPSA) is 52.5 Å². The highest BCUT2D eigenvalue weighted by Crippen LogP contribution is 2.32. The summed E-state index contributed by atoms with van der Waals surface area (Å²) in [6.45, 7) is 2.71.